The molecule has 6 rings (SSSR count). The maximum Gasteiger partial charge on any atom is 0.475 e. The number of phosphoric ester groups is 2. The Bertz CT molecular complexity index is 1550. The quantitative estimate of drug-likeness (QED) is 0.278. The van der Waals surface area contributed by atoms with E-state index in [2.05, 4.69) is 18.7 Å². The Labute approximate surface area is 289 Å². The van der Waals surface area contributed by atoms with Crippen molar-refractivity contribution in [2.75, 3.05) is 13.2 Å². The number of carbonyl (C=O) groups excluding carboxylic acids is 3. The molecule has 0 aliphatic carbocycles. The fraction of sp³-hybridized carbons (Fsp3) is 0.645. The molecular formula is C31H40N4O13P2. The van der Waals surface area contributed by atoms with Crippen LogP contribution in [-0.4, -0.2) is 89.7 Å². The number of fused-ring (bicyclic) bond motifs is 2. The SMILES string of the molecule is C=C1C=CN([C@@H]2O[C@@H]3CO[P@](=O)(OC(C)C)O[C@H]3[C@@]2(C)C#N)C(=O)C1.CC(C)O[P@]1(=O)OC[C@H]2O[C@@H](N3C=CC(=O)CC3=O)[C@](C)(C#N)[C@@H]2O1. The lowest BCUT2D eigenvalue weighted by Crippen LogP contribution is -2.49. The fourth-order valence-corrected chi connectivity index (χ4v) is 9.54. The highest BCUT2D eigenvalue weighted by Gasteiger charge is 2.64. The van der Waals surface area contributed by atoms with Crippen molar-refractivity contribution in [3.8, 4) is 12.1 Å². The van der Waals surface area contributed by atoms with Gasteiger partial charge in [-0.05, 0) is 59.3 Å². The Morgan fingerprint density at radius 3 is 1.60 bits per heavy atom. The molecule has 0 N–H and O–H groups in total. The van der Waals surface area contributed by atoms with Crippen molar-refractivity contribution in [2.45, 2.75) is 103 Å². The van der Waals surface area contributed by atoms with Gasteiger partial charge in [0.1, 0.15) is 35.2 Å². The molecule has 17 nitrogen and oxygen atoms in total. The summed E-state index contributed by atoms with van der Waals surface area (Å²) in [6, 6.07) is 4.29. The third-order valence-electron chi connectivity index (χ3n) is 8.61. The van der Waals surface area contributed by atoms with Gasteiger partial charge in [0.2, 0.25) is 11.8 Å². The molecule has 6 aliphatic rings. The Kier molecular flexibility index (Phi) is 10.8. The summed E-state index contributed by atoms with van der Waals surface area (Å²) in [6.07, 6.45) is -0.0114. The van der Waals surface area contributed by atoms with Gasteiger partial charge in [-0.25, -0.2) is 9.13 Å². The summed E-state index contributed by atoms with van der Waals surface area (Å²) in [7, 11) is -7.62. The first-order chi connectivity index (χ1) is 23.4. The van der Waals surface area contributed by atoms with E-state index in [0.717, 1.165) is 0 Å². The maximum atomic E-state index is 12.6. The average molecular weight is 739 g/mol. The fourth-order valence-electron chi connectivity index (χ4n) is 6.24. The molecular weight excluding hydrogens is 698 g/mol. The molecule has 272 valence electrons. The Morgan fingerprint density at radius 2 is 1.22 bits per heavy atom. The zero-order valence-corrected chi connectivity index (χ0v) is 30.2. The molecule has 4 saturated heterocycles. The smallest absolute Gasteiger partial charge is 0.348 e. The van der Waals surface area contributed by atoms with E-state index in [1.807, 2.05) is 0 Å². The second kappa shape index (κ2) is 14.2. The number of nitriles is 2. The molecule has 2 amide bonds. The van der Waals surface area contributed by atoms with Gasteiger partial charge >= 0.3 is 15.6 Å². The van der Waals surface area contributed by atoms with Crippen molar-refractivity contribution in [3.63, 3.8) is 0 Å². The summed E-state index contributed by atoms with van der Waals surface area (Å²) in [5, 5.41) is 19.5. The summed E-state index contributed by atoms with van der Waals surface area (Å²) >= 11 is 0. The lowest BCUT2D eigenvalue weighted by atomic mass is 9.83. The van der Waals surface area contributed by atoms with E-state index in [1.165, 1.54) is 22.1 Å². The molecule has 0 radical (unpaired) electrons. The molecule has 6 heterocycles. The molecule has 19 heteroatoms. The van der Waals surface area contributed by atoms with Crippen LogP contribution in [0.5, 0.6) is 0 Å². The van der Waals surface area contributed by atoms with Crippen LogP contribution in [0.1, 0.15) is 54.4 Å². The first kappa shape index (κ1) is 38.2. The number of hydrogen-bond donors (Lipinski definition) is 0. The summed E-state index contributed by atoms with van der Waals surface area (Å²) in [5.41, 5.74) is -1.86. The number of hydrogen-bond acceptors (Lipinski definition) is 15. The molecule has 0 aromatic rings. The number of phosphoric acid groups is 2. The van der Waals surface area contributed by atoms with Crippen LogP contribution in [0, 0.1) is 33.5 Å². The van der Waals surface area contributed by atoms with Gasteiger partial charge in [0.15, 0.2) is 18.2 Å². The van der Waals surface area contributed by atoms with Gasteiger partial charge in [-0.2, -0.15) is 10.5 Å². The Hall–Kier alpha value is -3.05. The van der Waals surface area contributed by atoms with E-state index in [1.54, 1.807) is 53.8 Å². The number of allylic oxidation sites excluding steroid dienone is 2. The summed E-state index contributed by atoms with van der Waals surface area (Å²) in [5.74, 6) is -1.01. The number of ether oxygens (including phenoxy) is 2. The largest absolute Gasteiger partial charge is 0.475 e. The van der Waals surface area contributed by atoms with Gasteiger partial charge in [0.05, 0.1) is 50.4 Å². The molecule has 0 aromatic heterocycles. The minimum atomic E-state index is -3.83. The zero-order chi connectivity index (χ0) is 36.8. The minimum absolute atomic E-state index is 0.0408. The van der Waals surface area contributed by atoms with Gasteiger partial charge in [0.25, 0.3) is 0 Å². The minimum Gasteiger partial charge on any atom is -0.348 e. The van der Waals surface area contributed by atoms with Crippen LogP contribution in [0.15, 0.2) is 36.7 Å². The molecule has 0 spiro atoms. The van der Waals surface area contributed by atoms with Crippen molar-refractivity contribution in [1.82, 2.24) is 9.80 Å². The highest BCUT2D eigenvalue weighted by atomic mass is 31.2. The van der Waals surface area contributed by atoms with Crippen molar-refractivity contribution in [2.24, 2.45) is 10.8 Å². The summed E-state index contributed by atoms with van der Waals surface area (Å²) < 4.78 is 69.0. The summed E-state index contributed by atoms with van der Waals surface area (Å²) in [6.45, 7) is 13.6. The van der Waals surface area contributed by atoms with Gasteiger partial charge in [-0.15, -0.1) is 0 Å². The number of nitrogens with zero attached hydrogens (tertiary/aromatic N) is 4. The van der Waals surface area contributed by atoms with Crippen molar-refractivity contribution >= 4 is 33.2 Å². The standard InChI is InChI=1S/C16H21N2O6P.C15H19N2O7P/c1-10(2)23-25(20)21-8-12-14(24-25)16(4,9-17)15(22-12)18-6-5-11(3)7-13(18)19;1-9(2)23-25(20)21-7-11-13(24-25)15(3,8-16)14(22-11)17-5-4-10(18)6-12(17)19/h5-6,10,12,14-15H,3,7-8H2,1-2,4H3;4-5,9,11,13-14H,6-7H2,1-3H3/t12-,14-,15-,16-,25-;11-,13-,14-,15-,25+/m11/s1. The first-order valence-electron chi connectivity index (χ1n) is 15.9. The number of rotatable bonds is 6. The van der Waals surface area contributed by atoms with Crippen LogP contribution in [0.2, 0.25) is 0 Å². The molecule has 6 aliphatic heterocycles. The van der Waals surface area contributed by atoms with Gasteiger partial charge < -0.3 is 9.47 Å². The second-order valence-electron chi connectivity index (χ2n) is 13.4. The van der Waals surface area contributed by atoms with E-state index >= 15 is 0 Å². The van der Waals surface area contributed by atoms with Crippen LogP contribution in [-0.2, 0) is 60.1 Å². The topological polar surface area (TPSA) is 213 Å². The van der Waals surface area contributed by atoms with E-state index < -0.39 is 75.4 Å². The number of carbonyl (C=O) groups is 3. The van der Waals surface area contributed by atoms with Crippen LogP contribution in [0.3, 0.4) is 0 Å². The third kappa shape index (κ3) is 7.31. The second-order valence-corrected chi connectivity index (χ2v) is 16.5. The maximum absolute atomic E-state index is 12.6. The molecule has 0 unspecified atom stereocenters. The third-order valence-corrected chi connectivity index (χ3v) is 11.9. The van der Waals surface area contributed by atoms with Crippen LogP contribution in [0.25, 0.3) is 0 Å². The Balaban J connectivity index is 0.000000194. The van der Waals surface area contributed by atoms with Gasteiger partial charge in [0, 0.05) is 12.4 Å². The van der Waals surface area contributed by atoms with E-state index in [9.17, 15) is 34.0 Å². The molecule has 50 heavy (non-hydrogen) atoms. The zero-order valence-electron chi connectivity index (χ0n) is 28.5. The Morgan fingerprint density at radius 1 is 0.800 bits per heavy atom. The average Bonchev–Trinajstić information content (AvgIpc) is 3.47. The van der Waals surface area contributed by atoms with Crippen molar-refractivity contribution < 1.29 is 60.1 Å². The van der Waals surface area contributed by atoms with Crippen LogP contribution < -0.4 is 0 Å². The van der Waals surface area contributed by atoms with E-state index in [-0.39, 0.29) is 43.8 Å². The molecule has 10 atom stereocenters. The van der Waals surface area contributed by atoms with Crippen molar-refractivity contribution in [1.29, 1.82) is 10.5 Å². The van der Waals surface area contributed by atoms with Crippen molar-refractivity contribution in [3.05, 3.63) is 36.7 Å². The summed E-state index contributed by atoms with van der Waals surface area (Å²) in [4.78, 5) is 38.5. The van der Waals surface area contributed by atoms with Gasteiger partial charge in [-0.3, -0.25) is 51.3 Å². The van der Waals surface area contributed by atoms with Crippen LogP contribution in [0.4, 0.5) is 0 Å². The normalized spacial score (nSPS) is 41.1. The van der Waals surface area contributed by atoms with Crippen LogP contribution >= 0.6 is 15.6 Å². The lowest BCUT2D eigenvalue weighted by molar-refractivity contribution is -0.148. The molecule has 4 fully saturated rings. The number of amides is 2. The molecule has 0 bridgehead atoms. The van der Waals surface area contributed by atoms with E-state index in [0.29, 0.717) is 5.57 Å². The predicted octanol–water partition coefficient (Wildman–Crippen LogP) is 4.00. The van der Waals surface area contributed by atoms with E-state index in [4.69, 9.17) is 36.6 Å². The predicted molar refractivity (Wildman–Crippen MR) is 169 cm³/mol. The lowest BCUT2D eigenvalue weighted by Gasteiger charge is -2.36. The highest BCUT2D eigenvalue weighted by Crippen LogP contribution is 2.61. The van der Waals surface area contributed by atoms with Gasteiger partial charge in [-0.1, -0.05) is 6.58 Å². The number of ketones is 1. The first-order valence-corrected chi connectivity index (χ1v) is 18.8. The molecule has 0 aromatic carbocycles. The molecule has 0 saturated carbocycles. The highest BCUT2D eigenvalue weighted by molar-refractivity contribution is 7.48. The monoisotopic (exact) mass is 738 g/mol.